The van der Waals surface area contributed by atoms with E-state index < -0.39 is 5.91 Å². The van der Waals surface area contributed by atoms with Crippen molar-refractivity contribution in [2.45, 2.75) is 19.4 Å². The van der Waals surface area contributed by atoms with E-state index in [0.717, 1.165) is 0 Å². The molecule has 0 aromatic heterocycles. The van der Waals surface area contributed by atoms with Crippen molar-refractivity contribution in [3.8, 4) is 0 Å². The fourth-order valence-electron chi connectivity index (χ4n) is 0.477. The number of carbonyl (C=O) groups excluding carboxylic acids is 2. The lowest BCUT2D eigenvalue weighted by molar-refractivity contribution is -0.118. The van der Waals surface area contributed by atoms with Gasteiger partial charge in [-0.15, -0.1) is 0 Å². The fraction of sp³-hybridized carbons (Fsp3) is 0.600. The lowest BCUT2D eigenvalue weighted by atomic mass is 10.2. The monoisotopic (exact) mass is 130 g/mol. The topological polar surface area (TPSA) is 72.2 Å². The highest BCUT2D eigenvalue weighted by Crippen LogP contribution is 1.85. The number of primary amides is 1. The number of hydrogen-bond acceptors (Lipinski definition) is 2. The van der Waals surface area contributed by atoms with Crippen molar-refractivity contribution < 1.29 is 9.59 Å². The van der Waals surface area contributed by atoms with E-state index in [1.54, 1.807) is 6.92 Å². The summed E-state index contributed by atoms with van der Waals surface area (Å²) in [5, 5.41) is 2.40. The largest absolute Gasteiger partial charge is 0.370 e. The van der Waals surface area contributed by atoms with E-state index in [4.69, 9.17) is 5.73 Å². The molecule has 0 bridgehead atoms. The van der Waals surface area contributed by atoms with Crippen molar-refractivity contribution in [3.05, 3.63) is 0 Å². The van der Waals surface area contributed by atoms with Crippen LogP contribution < -0.4 is 11.1 Å². The first-order chi connectivity index (χ1) is 4.16. The van der Waals surface area contributed by atoms with Crippen LogP contribution in [0.3, 0.4) is 0 Å². The summed E-state index contributed by atoms with van der Waals surface area (Å²) >= 11 is 0. The van der Waals surface area contributed by atoms with Crippen molar-refractivity contribution >= 4 is 12.3 Å². The lowest BCUT2D eigenvalue weighted by Crippen LogP contribution is -2.29. The fourth-order valence-corrected chi connectivity index (χ4v) is 0.477. The van der Waals surface area contributed by atoms with Gasteiger partial charge in [-0.1, -0.05) is 0 Å². The van der Waals surface area contributed by atoms with E-state index in [1.165, 1.54) is 0 Å². The summed E-state index contributed by atoms with van der Waals surface area (Å²) in [6.07, 6.45) is 0.742. The zero-order valence-corrected chi connectivity index (χ0v) is 5.26. The maximum Gasteiger partial charge on any atom is 0.219 e. The standard InChI is InChI=1S/C5H10N2O2/c1-4(7-3-8)2-5(6)9/h3-4H,2H2,1H3,(H2,6,9)(H,7,8). The molecule has 0 aliphatic rings. The molecule has 0 aliphatic heterocycles. The first-order valence-electron chi connectivity index (χ1n) is 2.65. The Morgan fingerprint density at radius 2 is 2.44 bits per heavy atom. The molecule has 52 valence electrons. The summed E-state index contributed by atoms with van der Waals surface area (Å²) in [5.41, 5.74) is 4.83. The van der Waals surface area contributed by atoms with E-state index in [2.05, 4.69) is 5.32 Å². The highest BCUT2D eigenvalue weighted by molar-refractivity contribution is 5.74. The maximum atomic E-state index is 10.2. The zero-order valence-electron chi connectivity index (χ0n) is 5.26. The molecule has 1 atom stereocenters. The summed E-state index contributed by atoms with van der Waals surface area (Å²) < 4.78 is 0. The average Bonchev–Trinajstić information content (AvgIpc) is 1.63. The molecule has 0 fully saturated rings. The normalized spacial score (nSPS) is 12.1. The van der Waals surface area contributed by atoms with Crippen molar-refractivity contribution in [1.29, 1.82) is 0 Å². The predicted molar refractivity (Wildman–Crippen MR) is 32.5 cm³/mol. The van der Waals surface area contributed by atoms with Gasteiger partial charge in [0.2, 0.25) is 12.3 Å². The molecule has 0 aromatic rings. The highest BCUT2D eigenvalue weighted by atomic mass is 16.1. The number of rotatable bonds is 4. The third kappa shape index (κ3) is 4.80. The third-order valence-corrected chi connectivity index (χ3v) is 0.860. The average molecular weight is 130 g/mol. The molecular formula is C5H10N2O2. The van der Waals surface area contributed by atoms with Crippen LogP contribution >= 0.6 is 0 Å². The van der Waals surface area contributed by atoms with Gasteiger partial charge in [-0.05, 0) is 6.92 Å². The van der Waals surface area contributed by atoms with Gasteiger partial charge in [0.25, 0.3) is 0 Å². The van der Waals surface area contributed by atoms with E-state index in [-0.39, 0.29) is 12.5 Å². The van der Waals surface area contributed by atoms with Gasteiger partial charge >= 0.3 is 0 Å². The second kappa shape index (κ2) is 3.88. The molecule has 0 saturated heterocycles. The summed E-state index contributed by atoms with van der Waals surface area (Å²) in [5.74, 6) is -0.406. The van der Waals surface area contributed by atoms with Gasteiger partial charge in [0.15, 0.2) is 0 Å². The van der Waals surface area contributed by atoms with E-state index in [9.17, 15) is 9.59 Å². The molecule has 4 nitrogen and oxygen atoms in total. The molecule has 0 saturated carbocycles. The Balaban J connectivity index is 3.37. The second-order valence-electron chi connectivity index (χ2n) is 1.86. The molecular weight excluding hydrogens is 120 g/mol. The SMILES string of the molecule is CC(CC(N)=O)NC=O. The van der Waals surface area contributed by atoms with Crippen LogP contribution in [0.25, 0.3) is 0 Å². The minimum atomic E-state index is -0.406. The Labute approximate surface area is 53.4 Å². The highest BCUT2D eigenvalue weighted by Gasteiger charge is 2.01. The van der Waals surface area contributed by atoms with E-state index in [0.29, 0.717) is 6.41 Å². The van der Waals surface area contributed by atoms with Crippen LogP contribution in [-0.4, -0.2) is 18.4 Å². The number of carbonyl (C=O) groups is 2. The molecule has 0 rings (SSSR count). The van der Waals surface area contributed by atoms with Crippen molar-refractivity contribution in [3.63, 3.8) is 0 Å². The predicted octanol–water partition coefficient (Wildman–Crippen LogP) is -1.00. The van der Waals surface area contributed by atoms with Gasteiger partial charge in [-0.25, -0.2) is 0 Å². The van der Waals surface area contributed by atoms with Crippen LogP contribution in [-0.2, 0) is 9.59 Å². The lowest BCUT2D eigenvalue weighted by Gasteiger charge is -2.04. The van der Waals surface area contributed by atoms with Crippen molar-refractivity contribution in [2.75, 3.05) is 0 Å². The summed E-state index contributed by atoms with van der Waals surface area (Å²) in [6, 6.07) is -0.153. The molecule has 1 unspecified atom stereocenters. The molecule has 3 N–H and O–H groups in total. The van der Waals surface area contributed by atoms with Crippen LogP contribution in [0.5, 0.6) is 0 Å². The Bertz CT molecular complexity index is 114. The number of nitrogens with one attached hydrogen (secondary N) is 1. The van der Waals surface area contributed by atoms with Gasteiger partial charge in [-0.2, -0.15) is 0 Å². The molecule has 0 spiro atoms. The van der Waals surface area contributed by atoms with Gasteiger partial charge < -0.3 is 11.1 Å². The van der Waals surface area contributed by atoms with Gasteiger partial charge in [-0.3, -0.25) is 9.59 Å². The quantitative estimate of drug-likeness (QED) is 0.479. The number of nitrogens with two attached hydrogens (primary N) is 1. The van der Waals surface area contributed by atoms with Crippen LogP contribution in [0.1, 0.15) is 13.3 Å². The Kier molecular flexibility index (Phi) is 3.43. The summed E-state index contributed by atoms with van der Waals surface area (Å²) in [7, 11) is 0. The minimum Gasteiger partial charge on any atom is -0.370 e. The molecule has 0 radical (unpaired) electrons. The number of hydrogen-bond donors (Lipinski definition) is 2. The Morgan fingerprint density at radius 1 is 1.89 bits per heavy atom. The van der Waals surface area contributed by atoms with Gasteiger partial charge in [0.1, 0.15) is 0 Å². The van der Waals surface area contributed by atoms with E-state index in [1.807, 2.05) is 0 Å². The Hall–Kier alpha value is -1.06. The molecule has 0 aromatic carbocycles. The first-order valence-corrected chi connectivity index (χ1v) is 2.65. The molecule has 0 aliphatic carbocycles. The zero-order chi connectivity index (χ0) is 7.28. The van der Waals surface area contributed by atoms with E-state index >= 15 is 0 Å². The van der Waals surface area contributed by atoms with Gasteiger partial charge in [0, 0.05) is 12.5 Å². The van der Waals surface area contributed by atoms with Gasteiger partial charge in [0.05, 0.1) is 0 Å². The van der Waals surface area contributed by atoms with Crippen LogP contribution in [0.4, 0.5) is 0 Å². The molecule has 9 heavy (non-hydrogen) atoms. The number of amides is 2. The minimum absolute atomic E-state index is 0.153. The summed E-state index contributed by atoms with van der Waals surface area (Å²) in [4.78, 5) is 19.9. The smallest absolute Gasteiger partial charge is 0.219 e. The maximum absolute atomic E-state index is 10.2. The summed E-state index contributed by atoms with van der Waals surface area (Å²) in [6.45, 7) is 1.71. The molecule has 2 amide bonds. The molecule has 4 heteroatoms. The molecule has 0 heterocycles. The first kappa shape index (κ1) is 7.94. The van der Waals surface area contributed by atoms with Crippen molar-refractivity contribution in [2.24, 2.45) is 5.73 Å². The third-order valence-electron chi connectivity index (χ3n) is 0.860. The van der Waals surface area contributed by atoms with Crippen molar-refractivity contribution in [1.82, 2.24) is 5.32 Å². The van der Waals surface area contributed by atoms with Crippen LogP contribution in [0.2, 0.25) is 0 Å². The van der Waals surface area contributed by atoms with Crippen LogP contribution in [0, 0.1) is 0 Å². The second-order valence-corrected chi connectivity index (χ2v) is 1.86. The van der Waals surface area contributed by atoms with Crippen LogP contribution in [0.15, 0.2) is 0 Å². The Morgan fingerprint density at radius 3 is 2.78 bits per heavy atom.